The Bertz CT molecular complexity index is 2000. The molecule has 2 aromatic rings. The van der Waals surface area contributed by atoms with Crippen molar-refractivity contribution in [2.75, 3.05) is 13.7 Å². The zero-order chi connectivity index (χ0) is 47.4. The minimum Gasteiger partial charge on any atom is -0.497 e. The summed E-state index contributed by atoms with van der Waals surface area (Å²) < 4.78 is 79.5. The number of nitrogens with one attached hydrogen (secondary N) is 2. The summed E-state index contributed by atoms with van der Waals surface area (Å²) in [5.41, 5.74) is 1.18. The fourth-order valence-electron chi connectivity index (χ4n) is 6.62. The number of nitrogens with two attached hydrogens (primary N) is 1. The SMILES string of the molecule is C=C(N)OC(C)(C)C(F)(F)F.CC.CC(C)C.CC/C=C\[C@@H]1C[C@]1(NC(=O)[C@@H]1C[C@@H](Oc2nccc3cc(OC)ccc23)CN1C(=O)CC(C)C)C(=O)NS(=O)(=O)C1(CC)CC1.[HH].[HH].[HH]. The Kier molecular flexibility index (Phi) is 19.2. The molecule has 13 nitrogen and oxygen atoms in total. The molecule has 0 spiro atoms. The van der Waals surface area contributed by atoms with Gasteiger partial charge in [-0.05, 0) is 94.0 Å². The van der Waals surface area contributed by atoms with Gasteiger partial charge in [-0.15, -0.1) is 0 Å². The van der Waals surface area contributed by atoms with E-state index >= 15 is 0 Å². The van der Waals surface area contributed by atoms with E-state index in [1.165, 1.54) is 4.90 Å². The highest BCUT2D eigenvalue weighted by Gasteiger charge is 2.63. The van der Waals surface area contributed by atoms with Gasteiger partial charge < -0.3 is 30.2 Å². The molecule has 4 atom stereocenters. The lowest BCUT2D eigenvalue weighted by Crippen LogP contribution is -2.57. The molecule has 1 aromatic carbocycles. The van der Waals surface area contributed by atoms with E-state index in [2.05, 4.69) is 47.1 Å². The number of allylic oxidation sites excluding steroid dienone is 1. The van der Waals surface area contributed by atoms with Crippen molar-refractivity contribution in [1.29, 1.82) is 0 Å². The highest BCUT2D eigenvalue weighted by Crippen LogP contribution is 2.49. The number of benzene rings is 1. The summed E-state index contributed by atoms with van der Waals surface area (Å²) in [6.07, 6.45) is 3.26. The van der Waals surface area contributed by atoms with E-state index < -0.39 is 61.9 Å². The summed E-state index contributed by atoms with van der Waals surface area (Å²) in [6.45, 7) is 23.1. The molecule has 3 amide bonds. The van der Waals surface area contributed by atoms with Crippen molar-refractivity contribution in [3.05, 3.63) is 55.1 Å². The number of sulfonamides is 1. The molecule has 2 aliphatic carbocycles. The molecular formula is C45H76F3N5O8S. The zero-order valence-corrected chi connectivity index (χ0v) is 39.4. The third-order valence-corrected chi connectivity index (χ3v) is 12.7. The third kappa shape index (κ3) is 14.0. The van der Waals surface area contributed by atoms with Crippen molar-refractivity contribution >= 4 is 38.5 Å². The molecule has 5 rings (SSSR count). The number of carbonyl (C=O) groups excluding carboxylic acids is 3. The molecule has 4 N–H and O–H groups in total. The monoisotopic (exact) mass is 904 g/mol. The highest BCUT2D eigenvalue weighted by atomic mass is 32.2. The van der Waals surface area contributed by atoms with Crippen LogP contribution >= 0.6 is 0 Å². The molecule has 17 heteroatoms. The van der Waals surface area contributed by atoms with Crippen LogP contribution in [0.15, 0.2) is 55.1 Å². The second-order valence-corrected chi connectivity index (χ2v) is 19.3. The molecule has 3 aliphatic rings. The van der Waals surface area contributed by atoms with Crippen LogP contribution in [0.1, 0.15) is 125 Å². The number of rotatable bonds is 15. The fraction of sp³-hybridized carbons (Fsp3) is 0.644. The number of nitrogens with zero attached hydrogens (tertiary/aromatic N) is 2. The van der Waals surface area contributed by atoms with E-state index in [9.17, 15) is 36.0 Å². The summed E-state index contributed by atoms with van der Waals surface area (Å²) in [6, 6.07) is 6.50. The highest BCUT2D eigenvalue weighted by molar-refractivity contribution is 7.91. The van der Waals surface area contributed by atoms with E-state index in [1.54, 1.807) is 20.2 Å². The Labute approximate surface area is 371 Å². The van der Waals surface area contributed by atoms with Crippen LogP contribution < -0.4 is 25.2 Å². The number of hydrogen-bond acceptors (Lipinski definition) is 10. The number of pyridine rings is 1. The molecular weight excluding hydrogens is 828 g/mol. The molecule has 1 saturated heterocycles. The van der Waals surface area contributed by atoms with Crippen molar-refractivity contribution in [2.45, 2.75) is 155 Å². The topological polar surface area (TPSA) is 179 Å². The van der Waals surface area contributed by atoms with Crippen molar-refractivity contribution in [3.63, 3.8) is 0 Å². The van der Waals surface area contributed by atoms with E-state index in [-0.39, 0.29) is 47.8 Å². The minimum atomic E-state index is -4.44. The second kappa shape index (κ2) is 22.2. The van der Waals surface area contributed by atoms with Gasteiger partial charge in [0.1, 0.15) is 23.4 Å². The predicted molar refractivity (Wildman–Crippen MR) is 243 cm³/mol. The standard InChI is InChI=1S/C33H44N4O7S.C6H10F3NO.C4H10.C2H6.3H2/c1-6-8-9-23-19-33(23,31(40)36-45(41,42)32(7-2)13-14-32)35-29(39)27-18-25(20-37(27)28(38)16-21(3)4)44-30-26-11-10-24(43-5)17-22(26)12-15-34-30;1-4(10)11-5(2,3)6(7,8)9;1-4(2)3;1-2;;;/h8-12,15,17,21,23,25,27H,6-7,13-14,16,18-20H2,1-5H3,(H,35,39)(H,36,40);1,10H2,2-3H3;4H,1-3H3;1-2H3;3*1H/b9-8-;;;;;;/t23-,25-,27+,33-;;;;;;/m1....../s1. The maximum absolute atomic E-state index is 14.0. The van der Waals surface area contributed by atoms with Gasteiger partial charge in [0.2, 0.25) is 27.7 Å². The maximum atomic E-state index is 14.0. The zero-order valence-electron chi connectivity index (χ0n) is 38.6. The van der Waals surface area contributed by atoms with Crippen LogP contribution in [0.5, 0.6) is 11.6 Å². The lowest BCUT2D eigenvalue weighted by molar-refractivity contribution is -0.251. The largest absolute Gasteiger partial charge is 0.497 e. The summed E-state index contributed by atoms with van der Waals surface area (Å²) in [7, 11) is -2.32. The number of alkyl halides is 3. The molecule has 1 aliphatic heterocycles. The van der Waals surface area contributed by atoms with Crippen LogP contribution in [0.4, 0.5) is 13.2 Å². The van der Waals surface area contributed by atoms with E-state index in [1.807, 2.05) is 71.0 Å². The van der Waals surface area contributed by atoms with E-state index in [0.717, 1.165) is 37.0 Å². The molecule has 0 bridgehead atoms. The molecule has 356 valence electrons. The summed E-state index contributed by atoms with van der Waals surface area (Å²) in [5.74, 6) is -0.250. The minimum absolute atomic E-state index is 0. The second-order valence-electron chi connectivity index (χ2n) is 17.2. The average molecular weight is 904 g/mol. The maximum Gasteiger partial charge on any atom is 0.427 e. The number of methoxy groups -OCH3 is 1. The number of halogens is 3. The van der Waals surface area contributed by atoms with Crippen LogP contribution in [0.25, 0.3) is 10.8 Å². The lowest BCUT2D eigenvalue weighted by atomic mass is 10.1. The number of likely N-dealkylation sites (tertiary alicyclic amines) is 1. The van der Waals surface area contributed by atoms with E-state index in [0.29, 0.717) is 30.9 Å². The van der Waals surface area contributed by atoms with Gasteiger partial charge in [0, 0.05) is 34.6 Å². The van der Waals surface area contributed by atoms with Crippen LogP contribution in [-0.2, 0) is 29.1 Å². The summed E-state index contributed by atoms with van der Waals surface area (Å²) in [4.78, 5) is 47.0. The number of hydrogen-bond donors (Lipinski definition) is 3. The first-order chi connectivity index (χ1) is 28.8. The molecule has 0 unspecified atom stereocenters. The van der Waals surface area contributed by atoms with Crippen LogP contribution in [-0.4, -0.2) is 83.9 Å². The lowest BCUT2D eigenvalue weighted by Gasteiger charge is -2.28. The van der Waals surface area contributed by atoms with Crippen LogP contribution in [0, 0.1) is 17.8 Å². The average Bonchev–Trinajstić information content (AvgIpc) is 4.08. The predicted octanol–water partition coefficient (Wildman–Crippen LogP) is 9.07. The molecule has 2 heterocycles. The van der Waals surface area contributed by atoms with Gasteiger partial charge in [0.25, 0.3) is 5.91 Å². The molecule has 1 aromatic heterocycles. The molecule has 62 heavy (non-hydrogen) atoms. The van der Waals surface area contributed by atoms with Gasteiger partial charge in [0.15, 0.2) is 11.5 Å². The summed E-state index contributed by atoms with van der Waals surface area (Å²) in [5, 5.41) is 4.54. The van der Waals surface area contributed by atoms with Gasteiger partial charge >= 0.3 is 6.18 Å². The first kappa shape index (κ1) is 53.6. The van der Waals surface area contributed by atoms with Gasteiger partial charge in [-0.3, -0.25) is 19.1 Å². The van der Waals surface area contributed by atoms with Gasteiger partial charge in [-0.2, -0.15) is 13.2 Å². The summed E-state index contributed by atoms with van der Waals surface area (Å²) >= 11 is 0. The van der Waals surface area contributed by atoms with Gasteiger partial charge in [0.05, 0.1) is 18.4 Å². The Balaban J connectivity index is 0. The van der Waals surface area contributed by atoms with E-state index in [4.69, 9.17) is 15.2 Å². The third-order valence-electron chi connectivity index (χ3n) is 10.4. The Morgan fingerprint density at radius 1 is 1.10 bits per heavy atom. The van der Waals surface area contributed by atoms with Crippen molar-refractivity contribution in [2.24, 2.45) is 23.5 Å². The Morgan fingerprint density at radius 3 is 2.19 bits per heavy atom. The van der Waals surface area contributed by atoms with Gasteiger partial charge in [-0.25, -0.2) is 13.4 Å². The number of amides is 3. The number of aromatic nitrogens is 1. The normalized spacial score (nSPS) is 21.4. The number of carbonyl (C=O) groups is 3. The Hall–Kier alpha value is -4.54. The van der Waals surface area contributed by atoms with Crippen LogP contribution in [0.2, 0.25) is 0 Å². The first-order valence-electron chi connectivity index (χ1n) is 21.4. The number of ether oxygens (including phenoxy) is 3. The first-order valence-corrected chi connectivity index (χ1v) is 22.9. The fourth-order valence-corrected chi connectivity index (χ4v) is 8.29. The van der Waals surface area contributed by atoms with Crippen molar-refractivity contribution in [3.8, 4) is 11.6 Å². The van der Waals surface area contributed by atoms with Crippen LogP contribution in [0.3, 0.4) is 0 Å². The number of fused-ring (bicyclic) bond motifs is 1. The van der Waals surface area contributed by atoms with Gasteiger partial charge in [-0.1, -0.05) is 74.5 Å². The Morgan fingerprint density at radius 2 is 1.71 bits per heavy atom. The quantitative estimate of drug-likeness (QED) is 0.115. The van der Waals surface area contributed by atoms with Crippen molar-refractivity contribution in [1.82, 2.24) is 19.9 Å². The molecule has 2 saturated carbocycles. The molecule has 0 radical (unpaired) electrons. The van der Waals surface area contributed by atoms with Crippen molar-refractivity contribution < 1.29 is 54.5 Å². The molecule has 3 fully saturated rings. The smallest absolute Gasteiger partial charge is 0.427 e.